The summed E-state index contributed by atoms with van der Waals surface area (Å²) in [5, 5.41) is 8.62. The Morgan fingerprint density at radius 3 is 2.77 bits per heavy atom. The summed E-state index contributed by atoms with van der Waals surface area (Å²) in [6, 6.07) is 3.93. The van der Waals surface area contributed by atoms with Crippen molar-refractivity contribution in [3.8, 4) is 0 Å². The van der Waals surface area contributed by atoms with Gasteiger partial charge in [0.25, 0.3) is 0 Å². The number of H-pyrrole nitrogens is 1. The van der Waals surface area contributed by atoms with Crippen LogP contribution in [0.15, 0.2) is 30.0 Å². The number of fused-ring (bicyclic) bond motifs is 1. The first-order chi connectivity index (χ1) is 10.5. The van der Waals surface area contributed by atoms with E-state index in [1.807, 2.05) is 19.2 Å². The minimum Gasteiger partial charge on any atom is -0.337 e. The molecule has 0 saturated heterocycles. The summed E-state index contributed by atoms with van der Waals surface area (Å²) in [5.74, 6) is 0.0196. The zero-order valence-corrected chi connectivity index (χ0v) is 13.5. The Bertz CT molecular complexity index is 725. The molecule has 0 spiro atoms. The third kappa shape index (κ3) is 4.13. The van der Waals surface area contributed by atoms with E-state index < -0.39 is 0 Å². The van der Waals surface area contributed by atoms with Crippen LogP contribution in [-0.2, 0) is 6.42 Å². The van der Waals surface area contributed by atoms with Crippen LogP contribution in [0.2, 0.25) is 0 Å². The smallest absolute Gasteiger partial charge is 0.176 e. The molecule has 2 N–H and O–H groups in total. The number of hydrogen-bond donors (Lipinski definition) is 2. The number of carbonyl (C=O) groups is 1. The van der Waals surface area contributed by atoms with Crippen molar-refractivity contribution in [1.82, 2.24) is 9.97 Å². The van der Waals surface area contributed by atoms with Crippen molar-refractivity contribution in [1.29, 1.82) is 5.41 Å². The van der Waals surface area contributed by atoms with E-state index in [2.05, 4.69) is 29.0 Å². The third-order valence-corrected chi connectivity index (χ3v) is 3.60. The Hall–Kier alpha value is -2.23. The summed E-state index contributed by atoms with van der Waals surface area (Å²) in [7, 11) is 0. The molecule has 0 atom stereocenters. The van der Waals surface area contributed by atoms with Crippen LogP contribution in [0.1, 0.15) is 56.1 Å². The van der Waals surface area contributed by atoms with Gasteiger partial charge >= 0.3 is 0 Å². The van der Waals surface area contributed by atoms with Gasteiger partial charge in [0.2, 0.25) is 0 Å². The van der Waals surface area contributed by atoms with E-state index in [0.29, 0.717) is 11.4 Å². The number of nitrogens with zero attached hydrogens (tertiary/aromatic N) is 1. The molecule has 0 fully saturated rings. The normalized spacial score (nSPS) is 11.9. The number of ketones is 1. The van der Waals surface area contributed by atoms with Crippen LogP contribution in [0, 0.1) is 5.41 Å². The van der Waals surface area contributed by atoms with Crippen LogP contribution >= 0.6 is 0 Å². The van der Waals surface area contributed by atoms with Gasteiger partial charge in [-0.05, 0) is 37.5 Å². The zero-order valence-electron chi connectivity index (χ0n) is 13.5. The molecule has 0 aliphatic carbocycles. The van der Waals surface area contributed by atoms with E-state index in [1.165, 1.54) is 5.57 Å². The second-order valence-corrected chi connectivity index (χ2v) is 5.79. The third-order valence-electron chi connectivity index (χ3n) is 3.60. The van der Waals surface area contributed by atoms with E-state index in [9.17, 15) is 4.79 Å². The SMILES string of the molecule is CCC/C(=C\Cc1cnc2[nH]c(C(C)=O)cc2c1)CC(C)=N. The largest absolute Gasteiger partial charge is 0.337 e. The van der Waals surface area contributed by atoms with Crippen LogP contribution in [0.3, 0.4) is 0 Å². The first-order valence-electron chi connectivity index (χ1n) is 7.70. The standard InChI is InChI=1S/C18H23N3O/c1-4-5-14(8-12(2)19)6-7-15-9-16-10-17(13(3)22)21-18(16)20-11-15/h6,9-11,19H,4-5,7-8H2,1-3H3,(H,20,21)/b14-6+,19-12?. The Kier molecular flexibility index (Phi) is 5.26. The molecule has 2 rings (SSSR count). The summed E-state index contributed by atoms with van der Waals surface area (Å²) in [4.78, 5) is 18.8. The first-order valence-corrected chi connectivity index (χ1v) is 7.70. The van der Waals surface area contributed by atoms with E-state index in [1.54, 1.807) is 6.92 Å². The highest BCUT2D eigenvalue weighted by molar-refractivity contribution is 5.97. The van der Waals surface area contributed by atoms with Crippen LogP contribution in [-0.4, -0.2) is 21.5 Å². The molecule has 4 heteroatoms. The second-order valence-electron chi connectivity index (χ2n) is 5.79. The average Bonchev–Trinajstić information content (AvgIpc) is 2.88. The minimum absolute atomic E-state index is 0.0196. The van der Waals surface area contributed by atoms with Crippen molar-refractivity contribution in [3.63, 3.8) is 0 Å². The highest BCUT2D eigenvalue weighted by Gasteiger charge is 2.06. The highest BCUT2D eigenvalue weighted by atomic mass is 16.1. The summed E-state index contributed by atoms with van der Waals surface area (Å²) in [5.41, 5.74) is 4.49. The van der Waals surface area contributed by atoms with Crippen LogP contribution in [0.5, 0.6) is 0 Å². The highest BCUT2D eigenvalue weighted by Crippen LogP contribution is 2.17. The van der Waals surface area contributed by atoms with E-state index in [0.717, 1.165) is 42.3 Å². The Labute approximate surface area is 131 Å². The number of allylic oxidation sites excluding steroid dienone is 2. The Balaban J connectivity index is 2.19. The number of aromatic nitrogens is 2. The van der Waals surface area contributed by atoms with E-state index in [-0.39, 0.29) is 5.78 Å². The summed E-state index contributed by atoms with van der Waals surface area (Å²) in [6.07, 6.45) is 7.75. The maximum atomic E-state index is 11.4. The lowest BCUT2D eigenvalue weighted by atomic mass is 10.0. The molecular weight excluding hydrogens is 274 g/mol. The molecule has 0 aliphatic heterocycles. The molecule has 0 amide bonds. The molecule has 4 nitrogen and oxygen atoms in total. The Morgan fingerprint density at radius 1 is 1.36 bits per heavy atom. The number of Topliss-reactive ketones (excluding diaryl/α,β-unsaturated/α-hetero) is 1. The average molecular weight is 297 g/mol. The number of carbonyl (C=O) groups excluding carboxylic acids is 1. The molecule has 0 saturated carbocycles. The molecule has 116 valence electrons. The predicted octanol–water partition coefficient (Wildman–Crippen LogP) is 4.46. The van der Waals surface area contributed by atoms with Gasteiger partial charge in [-0.3, -0.25) is 4.79 Å². The molecule has 2 aromatic heterocycles. The maximum absolute atomic E-state index is 11.4. The van der Waals surface area contributed by atoms with Crippen LogP contribution in [0.25, 0.3) is 11.0 Å². The van der Waals surface area contributed by atoms with Crippen molar-refractivity contribution in [2.24, 2.45) is 0 Å². The summed E-state index contributed by atoms with van der Waals surface area (Å²) < 4.78 is 0. The van der Waals surface area contributed by atoms with Gasteiger partial charge in [-0.25, -0.2) is 4.98 Å². The van der Waals surface area contributed by atoms with Gasteiger partial charge in [-0.1, -0.05) is 25.0 Å². The van der Waals surface area contributed by atoms with Gasteiger partial charge in [-0.2, -0.15) is 0 Å². The monoisotopic (exact) mass is 297 g/mol. The molecule has 22 heavy (non-hydrogen) atoms. The van der Waals surface area contributed by atoms with Crippen LogP contribution in [0.4, 0.5) is 0 Å². The number of pyridine rings is 1. The fourth-order valence-electron chi connectivity index (χ4n) is 2.55. The minimum atomic E-state index is 0.0196. The van der Waals surface area contributed by atoms with Crippen molar-refractivity contribution in [3.05, 3.63) is 41.2 Å². The molecule has 2 aromatic rings. The fourth-order valence-corrected chi connectivity index (χ4v) is 2.55. The molecule has 0 bridgehead atoms. The molecular formula is C18H23N3O. The number of hydrogen-bond acceptors (Lipinski definition) is 3. The molecule has 0 aliphatic rings. The topological polar surface area (TPSA) is 69.6 Å². The van der Waals surface area contributed by atoms with Crippen molar-refractivity contribution in [2.45, 2.75) is 46.5 Å². The number of nitrogens with one attached hydrogen (secondary N) is 2. The van der Waals surface area contributed by atoms with Gasteiger partial charge in [-0.15, -0.1) is 0 Å². The van der Waals surface area contributed by atoms with Gasteiger partial charge in [0.05, 0.1) is 5.69 Å². The van der Waals surface area contributed by atoms with Crippen molar-refractivity contribution >= 4 is 22.5 Å². The van der Waals surface area contributed by atoms with Crippen LogP contribution < -0.4 is 0 Å². The van der Waals surface area contributed by atoms with Gasteiger partial charge < -0.3 is 10.4 Å². The second kappa shape index (κ2) is 7.16. The first kappa shape index (κ1) is 16.1. The summed E-state index contributed by atoms with van der Waals surface area (Å²) >= 11 is 0. The lowest BCUT2D eigenvalue weighted by Crippen LogP contribution is -1.94. The molecule has 0 radical (unpaired) electrons. The zero-order chi connectivity index (χ0) is 16.1. The van der Waals surface area contributed by atoms with Gasteiger partial charge in [0.1, 0.15) is 5.65 Å². The number of aromatic amines is 1. The van der Waals surface area contributed by atoms with E-state index >= 15 is 0 Å². The maximum Gasteiger partial charge on any atom is 0.176 e. The quantitative estimate of drug-likeness (QED) is 0.450. The lowest BCUT2D eigenvalue weighted by molar-refractivity contribution is 0.101. The lowest BCUT2D eigenvalue weighted by Gasteiger charge is -2.05. The predicted molar refractivity (Wildman–Crippen MR) is 90.8 cm³/mol. The number of rotatable bonds is 7. The molecule has 2 heterocycles. The summed E-state index contributed by atoms with van der Waals surface area (Å²) in [6.45, 7) is 5.55. The Morgan fingerprint density at radius 2 is 2.14 bits per heavy atom. The van der Waals surface area contributed by atoms with Gasteiger partial charge in [0, 0.05) is 30.6 Å². The van der Waals surface area contributed by atoms with Crippen molar-refractivity contribution < 1.29 is 4.79 Å². The van der Waals surface area contributed by atoms with E-state index in [4.69, 9.17) is 5.41 Å². The van der Waals surface area contributed by atoms with Gasteiger partial charge in [0.15, 0.2) is 5.78 Å². The fraction of sp³-hybridized carbons (Fsp3) is 0.389. The molecule has 0 aromatic carbocycles. The van der Waals surface area contributed by atoms with Crippen molar-refractivity contribution in [2.75, 3.05) is 0 Å². The molecule has 0 unspecified atom stereocenters.